The normalized spacial score (nSPS) is 13.3. The highest BCUT2D eigenvalue weighted by atomic mass is 35.5. The van der Waals surface area contributed by atoms with Crippen LogP contribution in [0.5, 0.6) is 0 Å². The lowest BCUT2D eigenvalue weighted by molar-refractivity contribution is 0.170. The quantitative estimate of drug-likeness (QED) is 0.869. The Morgan fingerprint density at radius 1 is 1.53 bits per heavy atom. The number of aliphatic hydroxyl groups is 1. The minimum absolute atomic E-state index is 0.456. The van der Waals surface area contributed by atoms with Crippen LogP contribution in [0.3, 0.4) is 0 Å². The molecule has 0 aliphatic rings. The standard InChI is InChI=1S/C10H11ClN2OS/c11-6-1-2-7-9(5-6)15-10(13-7)8(14)3-4-12/h1-2,5,8,14H,3-4,12H2. The molecule has 3 N–H and O–H groups in total. The van der Waals surface area contributed by atoms with Crippen molar-refractivity contribution < 1.29 is 5.11 Å². The number of rotatable bonds is 3. The van der Waals surface area contributed by atoms with Crippen LogP contribution < -0.4 is 5.73 Å². The molecule has 2 aromatic rings. The number of halogens is 1. The largest absolute Gasteiger partial charge is 0.386 e. The van der Waals surface area contributed by atoms with Crippen molar-refractivity contribution in [1.29, 1.82) is 0 Å². The summed E-state index contributed by atoms with van der Waals surface area (Å²) in [6.07, 6.45) is -0.0285. The number of nitrogens with zero attached hydrogens (tertiary/aromatic N) is 1. The van der Waals surface area contributed by atoms with Crippen LogP contribution in [0.1, 0.15) is 17.5 Å². The van der Waals surface area contributed by atoms with Crippen LogP contribution in [0, 0.1) is 0 Å². The molecule has 0 aliphatic carbocycles. The van der Waals surface area contributed by atoms with Gasteiger partial charge in [-0.3, -0.25) is 0 Å². The number of hydrogen-bond acceptors (Lipinski definition) is 4. The summed E-state index contributed by atoms with van der Waals surface area (Å²) in [4.78, 5) is 4.33. The summed E-state index contributed by atoms with van der Waals surface area (Å²) in [6, 6.07) is 5.50. The van der Waals surface area contributed by atoms with Gasteiger partial charge in [0.25, 0.3) is 0 Å². The van der Waals surface area contributed by atoms with Crippen molar-refractivity contribution in [2.45, 2.75) is 12.5 Å². The summed E-state index contributed by atoms with van der Waals surface area (Å²) in [5.41, 5.74) is 6.25. The van der Waals surface area contributed by atoms with Gasteiger partial charge in [0.05, 0.1) is 10.2 Å². The molecule has 1 unspecified atom stereocenters. The molecule has 0 saturated carbocycles. The third-order valence-electron chi connectivity index (χ3n) is 2.09. The maximum absolute atomic E-state index is 9.73. The minimum Gasteiger partial charge on any atom is -0.386 e. The number of thiazole rings is 1. The topological polar surface area (TPSA) is 59.1 Å². The van der Waals surface area contributed by atoms with E-state index in [9.17, 15) is 5.11 Å². The third-order valence-corrected chi connectivity index (χ3v) is 3.45. The predicted molar refractivity (Wildman–Crippen MR) is 63.3 cm³/mol. The molecule has 80 valence electrons. The first-order valence-corrected chi connectivity index (χ1v) is 5.84. The molecule has 5 heteroatoms. The van der Waals surface area contributed by atoms with E-state index in [0.29, 0.717) is 23.0 Å². The Hall–Kier alpha value is -0.680. The number of aromatic nitrogens is 1. The molecular weight excluding hydrogens is 232 g/mol. The van der Waals surface area contributed by atoms with E-state index in [1.54, 1.807) is 6.07 Å². The van der Waals surface area contributed by atoms with Gasteiger partial charge in [0.1, 0.15) is 11.1 Å². The van der Waals surface area contributed by atoms with E-state index in [2.05, 4.69) is 4.98 Å². The molecule has 1 aromatic carbocycles. The fourth-order valence-electron chi connectivity index (χ4n) is 1.34. The summed E-state index contributed by atoms with van der Waals surface area (Å²) in [6.45, 7) is 0.456. The lowest BCUT2D eigenvalue weighted by Gasteiger charge is -2.03. The SMILES string of the molecule is NCCC(O)c1nc2ccc(Cl)cc2s1. The van der Waals surface area contributed by atoms with E-state index in [1.165, 1.54) is 11.3 Å². The van der Waals surface area contributed by atoms with Crippen LogP contribution in [0.4, 0.5) is 0 Å². The first-order valence-electron chi connectivity index (χ1n) is 4.65. The summed E-state index contributed by atoms with van der Waals surface area (Å²) >= 11 is 7.32. The van der Waals surface area contributed by atoms with Crippen LogP contribution in [0.25, 0.3) is 10.2 Å². The number of aliphatic hydroxyl groups excluding tert-OH is 1. The molecule has 1 heterocycles. The second kappa shape index (κ2) is 4.45. The van der Waals surface area contributed by atoms with Crippen molar-refractivity contribution in [3.05, 3.63) is 28.2 Å². The van der Waals surface area contributed by atoms with E-state index in [1.807, 2.05) is 12.1 Å². The number of benzene rings is 1. The second-order valence-corrected chi connectivity index (χ2v) is 4.76. The number of nitrogens with two attached hydrogens (primary N) is 1. The third kappa shape index (κ3) is 2.29. The molecule has 0 spiro atoms. The van der Waals surface area contributed by atoms with Crippen molar-refractivity contribution in [2.75, 3.05) is 6.54 Å². The van der Waals surface area contributed by atoms with Gasteiger partial charge >= 0.3 is 0 Å². The van der Waals surface area contributed by atoms with Crippen molar-refractivity contribution in [3.63, 3.8) is 0 Å². The fraction of sp³-hybridized carbons (Fsp3) is 0.300. The van der Waals surface area contributed by atoms with Crippen LogP contribution in [-0.2, 0) is 0 Å². The number of hydrogen-bond donors (Lipinski definition) is 2. The lowest BCUT2D eigenvalue weighted by atomic mass is 10.2. The zero-order chi connectivity index (χ0) is 10.8. The van der Waals surface area contributed by atoms with Crippen LogP contribution in [0.2, 0.25) is 5.02 Å². The summed E-state index contributed by atoms with van der Waals surface area (Å²) in [5, 5.41) is 11.1. The Morgan fingerprint density at radius 2 is 2.33 bits per heavy atom. The van der Waals surface area contributed by atoms with Gasteiger partial charge in [-0.1, -0.05) is 11.6 Å². The average Bonchev–Trinajstić information content (AvgIpc) is 2.60. The minimum atomic E-state index is -0.564. The average molecular weight is 243 g/mol. The van der Waals surface area contributed by atoms with Gasteiger partial charge in [-0.25, -0.2) is 4.98 Å². The van der Waals surface area contributed by atoms with Crippen molar-refractivity contribution >= 4 is 33.2 Å². The van der Waals surface area contributed by atoms with Gasteiger partial charge < -0.3 is 10.8 Å². The summed E-state index contributed by atoms with van der Waals surface area (Å²) < 4.78 is 0.994. The Balaban J connectivity index is 2.38. The molecule has 0 bridgehead atoms. The zero-order valence-corrected chi connectivity index (χ0v) is 9.55. The molecule has 2 rings (SSSR count). The maximum Gasteiger partial charge on any atom is 0.123 e. The molecule has 0 amide bonds. The molecule has 1 aromatic heterocycles. The summed E-state index contributed by atoms with van der Waals surface area (Å²) in [7, 11) is 0. The lowest BCUT2D eigenvalue weighted by Crippen LogP contribution is -2.06. The first kappa shape index (κ1) is 10.8. The van der Waals surface area contributed by atoms with E-state index >= 15 is 0 Å². The molecule has 0 fully saturated rings. The van der Waals surface area contributed by atoms with E-state index < -0.39 is 6.10 Å². The van der Waals surface area contributed by atoms with Gasteiger partial charge in [0.15, 0.2) is 0 Å². The van der Waals surface area contributed by atoms with Crippen LogP contribution in [0.15, 0.2) is 18.2 Å². The molecule has 3 nitrogen and oxygen atoms in total. The highest BCUT2D eigenvalue weighted by Crippen LogP contribution is 2.29. The van der Waals surface area contributed by atoms with E-state index in [4.69, 9.17) is 17.3 Å². The Morgan fingerprint density at radius 3 is 3.07 bits per heavy atom. The highest BCUT2D eigenvalue weighted by Gasteiger charge is 2.12. The second-order valence-electron chi connectivity index (χ2n) is 3.26. The molecule has 0 aliphatic heterocycles. The molecular formula is C10H11ClN2OS. The Bertz CT molecular complexity index is 471. The van der Waals surface area contributed by atoms with Gasteiger partial charge in [-0.15, -0.1) is 11.3 Å². The van der Waals surface area contributed by atoms with E-state index in [-0.39, 0.29) is 0 Å². The Labute approximate surface area is 96.5 Å². The van der Waals surface area contributed by atoms with Gasteiger partial charge in [0, 0.05) is 5.02 Å². The zero-order valence-electron chi connectivity index (χ0n) is 7.98. The van der Waals surface area contributed by atoms with E-state index in [0.717, 1.165) is 10.2 Å². The summed E-state index contributed by atoms with van der Waals surface area (Å²) in [5.74, 6) is 0. The van der Waals surface area contributed by atoms with Gasteiger partial charge in [0.2, 0.25) is 0 Å². The number of fused-ring (bicyclic) bond motifs is 1. The predicted octanol–water partition coefficient (Wildman–Crippen LogP) is 2.33. The monoisotopic (exact) mass is 242 g/mol. The Kier molecular flexibility index (Phi) is 3.21. The molecule has 1 atom stereocenters. The smallest absolute Gasteiger partial charge is 0.123 e. The van der Waals surface area contributed by atoms with Crippen molar-refractivity contribution in [2.24, 2.45) is 5.73 Å². The van der Waals surface area contributed by atoms with Crippen LogP contribution >= 0.6 is 22.9 Å². The van der Waals surface area contributed by atoms with Crippen LogP contribution in [-0.4, -0.2) is 16.6 Å². The van der Waals surface area contributed by atoms with Crippen molar-refractivity contribution in [3.8, 4) is 0 Å². The fourth-order valence-corrected chi connectivity index (χ4v) is 2.60. The molecule has 15 heavy (non-hydrogen) atoms. The van der Waals surface area contributed by atoms with Gasteiger partial charge in [-0.2, -0.15) is 0 Å². The van der Waals surface area contributed by atoms with Gasteiger partial charge in [-0.05, 0) is 31.2 Å². The molecule has 0 radical (unpaired) electrons. The molecule has 0 saturated heterocycles. The highest BCUT2D eigenvalue weighted by molar-refractivity contribution is 7.18. The maximum atomic E-state index is 9.73. The van der Waals surface area contributed by atoms with Crippen molar-refractivity contribution in [1.82, 2.24) is 4.98 Å². The first-order chi connectivity index (χ1) is 7.20.